The Hall–Kier alpha value is -1.19. The topological polar surface area (TPSA) is 24.9 Å². The summed E-state index contributed by atoms with van der Waals surface area (Å²) in [6.07, 6.45) is 4.67. The Morgan fingerprint density at radius 1 is 1.14 bits per heavy atom. The predicted molar refractivity (Wildman–Crippen MR) is 92.6 cm³/mol. The van der Waals surface area contributed by atoms with Gasteiger partial charge >= 0.3 is 0 Å². The van der Waals surface area contributed by atoms with Crippen molar-refractivity contribution >= 4 is 15.9 Å². The Balaban J connectivity index is 2.18. The van der Waals surface area contributed by atoms with Crippen LogP contribution in [0.25, 0.3) is 0 Å². The van der Waals surface area contributed by atoms with Gasteiger partial charge in [0, 0.05) is 22.9 Å². The van der Waals surface area contributed by atoms with Gasteiger partial charge in [-0.15, -0.1) is 0 Å². The molecule has 1 unspecified atom stereocenters. The Bertz CT molecular complexity index is 585. The van der Waals surface area contributed by atoms with Crippen LogP contribution in [-0.4, -0.2) is 12.0 Å². The van der Waals surface area contributed by atoms with E-state index in [1.807, 2.05) is 19.4 Å². The number of hydrogen-bond donors (Lipinski definition) is 1. The SMILES string of the molecule is CNC(Cc1cncc(Br)c1)c1ccc(C(C)(C)C)cc1. The molecule has 0 aliphatic carbocycles. The van der Waals surface area contributed by atoms with Crippen LogP contribution in [0.1, 0.15) is 43.5 Å². The van der Waals surface area contributed by atoms with Crippen LogP contribution < -0.4 is 5.32 Å². The number of hydrogen-bond acceptors (Lipinski definition) is 2. The molecule has 3 heteroatoms. The van der Waals surface area contributed by atoms with Crippen molar-refractivity contribution in [2.24, 2.45) is 0 Å². The van der Waals surface area contributed by atoms with Crippen molar-refractivity contribution < 1.29 is 0 Å². The van der Waals surface area contributed by atoms with Gasteiger partial charge in [0.25, 0.3) is 0 Å². The molecule has 0 saturated carbocycles. The lowest BCUT2D eigenvalue weighted by Gasteiger charge is -2.21. The summed E-state index contributed by atoms with van der Waals surface area (Å²) >= 11 is 3.48. The van der Waals surface area contributed by atoms with E-state index in [1.54, 1.807) is 0 Å². The van der Waals surface area contributed by atoms with Crippen molar-refractivity contribution in [2.75, 3.05) is 7.05 Å². The molecule has 0 aliphatic rings. The molecule has 2 nitrogen and oxygen atoms in total. The lowest BCUT2D eigenvalue weighted by molar-refractivity contribution is 0.579. The molecule has 1 N–H and O–H groups in total. The summed E-state index contributed by atoms with van der Waals surface area (Å²) in [6, 6.07) is 11.4. The second kappa shape index (κ2) is 6.71. The average molecular weight is 347 g/mol. The van der Waals surface area contributed by atoms with Gasteiger partial charge in [-0.2, -0.15) is 0 Å². The van der Waals surface area contributed by atoms with Crippen LogP contribution in [0.15, 0.2) is 47.2 Å². The molecule has 0 radical (unpaired) electrons. The zero-order chi connectivity index (χ0) is 15.5. The van der Waals surface area contributed by atoms with E-state index in [2.05, 4.69) is 77.3 Å². The van der Waals surface area contributed by atoms with Gasteiger partial charge in [-0.05, 0) is 57.6 Å². The van der Waals surface area contributed by atoms with Crippen molar-refractivity contribution in [2.45, 2.75) is 38.6 Å². The maximum absolute atomic E-state index is 4.24. The van der Waals surface area contributed by atoms with Crippen molar-refractivity contribution in [1.29, 1.82) is 0 Å². The number of halogens is 1. The summed E-state index contributed by atoms with van der Waals surface area (Å²) < 4.78 is 1.03. The normalized spacial score (nSPS) is 13.2. The Labute approximate surface area is 136 Å². The fraction of sp³-hybridized carbons (Fsp3) is 0.389. The minimum atomic E-state index is 0.196. The molecule has 0 saturated heterocycles. The van der Waals surface area contributed by atoms with E-state index in [0.29, 0.717) is 6.04 Å². The molecule has 1 atom stereocenters. The Morgan fingerprint density at radius 3 is 2.33 bits per heavy atom. The lowest BCUT2D eigenvalue weighted by atomic mass is 9.86. The average Bonchev–Trinajstić information content (AvgIpc) is 2.44. The fourth-order valence-electron chi connectivity index (χ4n) is 2.41. The third kappa shape index (κ3) is 4.39. The van der Waals surface area contributed by atoms with Gasteiger partial charge in [0.2, 0.25) is 0 Å². The van der Waals surface area contributed by atoms with Crippen LogP contribution in [0.3, 0.4) is 0 Å². The fourth-order valence-corrected chi connectivity index (χ4v) is 2.82. The van der Waals surface area contributed by atoms with Gasteiger partial charge in [0.1, 0.15) is 0 Å². The standard InChI is InChI=1S/C18H23BrN2/c1-18(2,3)15-7-5-14(6-8-15)17(20-4)10-13-9-16(19)12-21-11-13/h5-9,11-12,17,20H,10H2,1-4H3. The highest BCUT2D eigenvalue weighted by atomic mass is 79.9. The van der Waals surface area contributed by atoms with Crippen molar-refractivity contribution in [3.63, 3.8) is 0 Å². The van der Waals surface area contributed by atoms with Crippen molar-refractivity contribution in [3.8, 4) is 0 Å². The minimum Gasteiger partial charge on any atom is -0.313 e. The van der Waals surface area contributed by atoms with Gasteiger partial charge in [0.15, 0.2) is 0 Å². The first-order chi connectivity index (χ1) is 9.90. The summed E-state index contributed by atoms with van der Waals surface area (Å²) in [5.41, 5.74) is 4.10. The third-order valence-electron chi connectivity index (χ3n) is 3.73. The molecule has 112 valence electrons. The second-order valence-corrected chi connectivity index (χ2v) is 7.34. The Kier molecular flexibility index (Phi) is 5.17. The quantitative estimate of drug-likeness (QED) is 0.871. The summed E-state index contributed by atoms with van der Waals surface area (Å²) in [5.74, 6) is 0. The maximum atomic E-state index is 4.24. The van der Waals surface area contributed by atoms with Crippen LogP contribution in [0.5, 0.6) is 0 Å². The summed E-state index contributed by atoms with van der Waals surface area (Å²) in [5, 5.41) is 3.40. The number of nitrogens with zero attached hydrogens (tertiary/aromatic N) is 1. The van der Waals surface area contributed by atoms with Gasteiger partial charge in [-0.25, -0.2) is 0 Å². The molecule has 2 rings (SSSR count). The van der Waals surface area contributed by atoms with E-state index in [1.165, 1.54) is 16.7 Å². The van der Waals surface area contributed by atoms with E-state index < -0.39 is 0 Å². The van der Waals surface area contributed by atoms with Gasteiger partial charge in [-0.3, -0.25) is 4.98 Å². The number of pyridine rings is 1. The zero-order valence-corrected chi connectivity index (χ0v) is 14.7. The molecule has 0 aliphatic heterocycles. The van der Waals surface area contributed by atoms with Gasteiger partial charge in [0.05, 0.1) is 0 Å². The first kappa shape index (κ1) is 16.2. The van der Waals surface area contributed by atoms with E-state index >= 15 is 0 Å². The van der Waals surface area contributed by atoms with Crippen LogP contribution >= 0.6 is 15.9 Å². The number of rotatable bonds is 4. The summed E-state index contributed by atoms with van der Waals surface area (Å²) in [6.45, 7) is 6.72. The monoisotopic (exact) mass is 346 g/mol. The first-order valence-electron chi connectivity index (χ1n) is 7.27. The lowest BCUT2D eigenvalue weighted by Crippen LogP contribution is -2.19. The highest BCUT2D eigenvalue weighted by Gasteiger charge is 2.15. The summed E-state index contributed by atoms with van der Waals surface area (Å²) in [7, 11) is 2.01. The molecule has 21 heavy (non-hydrogen) atoms. The molecular formula is C18H23BrN2. The van der Waals surface area contributed by atoms with E-state index in [4.69, 9.17) is 0 Å². The highest BCUT2D eigenvalue weighted by Crippen LogP contribution is 2.25. The van der Waals surface area contributed by atoms with Gasteiger partial charge in [-0.1, -0.05) is 45.0 Å². The smallest absolute Gasteiger partial charge is 0.0410 e. The Morgan fingerprint density at radius 2 is 1.81 bits per heavy atom. The number of likely N-dealkylation sites (N-methyl/N-ethyl adjacent to an activating group) is 1. The van der Waals surface area contributed by atoms with Crippen LogP contribution in [0, 0.1) is 0 Å². The molecular weight excluding hydrogens is 324 g/mol. The molecule has 0 spiro atoms. The number of aromatic nitrogens is 1. The molecule has 0 amide bonds. The number of nitrogens with one attached hydrogen (secondary N) is 1. The second-order valence-electron chi connectivity index (χ2n) is 6.43. The molecule has 0 fully saturated rings. The number of benzene rings is 1. The van der Waals surface area contributed by atoms with Gasteiger partial charge < -0.3 is 5.32 Å². The van der Waals surface area contributed by atoms with E-state index in [9.17, 15) is 0 Å². The minimum absolute atomic E-state index is 0.196. The molecule has 1 aromatic carbocycles. The van der Waals surface area contributed by atoms with Crippen molar-refractivity contribution in [1.82, 2.24) is 10.3 Å². The van der Waals surface area contributed by atoms with E-state index in [0.717, 1.165) is 10.9 Å². The molecule has 1 aromatic heterocycles. The molecule has 0 bridgehead atoms. The largest absolute Gasteiger partial charge is 0.313 e. The van der Waals surface area contributed by atoms with E-state index in [-0.39, 0.29) is 5.41 Å². The molecule has 1 heterocycles. The summed E-state index contributed by atoms with van der Waals surface area (Å²) in [4.78, 5) is 4.24. The van der Waals surface area contributed by atoms with Crippen LogP contribution in [0.2, 0.25) is 0 Å². The predicted octanol–water partition coefficient (Wildman–Crippen LogP) is 4.64. The van der Waals surface area contributed by atoms with Crippen LogP contribution in [-0.2, 0) is 11.8 Å². The maximum Gasteiger partial charge on any atom is 0.0410 e. The highest BCUT2D eigenvalue weighted by molar-refractivity contribution is 9.10. The first-order valence-corrected chi connectivity index (χ1v) is 8.06. The third-order valence-corrected chi connectivity index (χ3v) is 4.16. The zero-order valence-electron chi connectivity index (χ0n) is 13.2. The van der Waals surface area contributed by atoms with Crippen molar-refractivity contribution in [3.05, 3.63) is 63.9 Å². The molecule has 2 aromatic rings. The van der Waals surface area contributed by atoms with Crippen LogP contribution in [0.4, 0.5) is 0 Å².